The summed E-state index contributed by atoms with van der Waals surface area (Å²) in [4.78, 5) is 5.25. The van der Waals surface area contributed by atoms with Crippen molar-refractivity contribution in [3.8, 4) is 0 Å². The molecule has 2 rings (SSSR count). The van der Waals surface area contributed by atoms with E-state index in [1.807, 2.05) is 12.1 Å². The summed E-state index contributed by atoms with van der Waals surface area (Å²) < 4.78 is 16.9. The first-order chi connectivity index (χ1) is 7.43. The minimum absolute atomic E-state index is 0.0842. The average Bonchev–Trinajstić information content (AvgIpc) is 2.65. The molecule has 0 fully saturated rings. The van der Waals surface area contributed by atoms with Gasteiger partial charge in [-0.3, -0.25) is 4.98 Å². The van der Waals surface area contributed by atoms with E-state index in [4.69, 9.17) is 0 Å². The second-order valence-electron chi connectivity index (χ2n) is 5.15. The molecule has 4 heteroatoms. The van der Waals surface area contributed by atoms with Gasteiger partial charge in [0.25, 0.3) is 0 Å². The maximum atomic E-state index is 12.6. The second-order valence-corrected chi connectivity index (χ2v) is 7.54. The van der Waals surface area contributed by atoms with Crippen LogP contribution in [0.4, 0.5) is 0 Å². The molecule has 88 valence electrons. The van der Waals surface area contributed by atoms with Gasteiger partial charge in [-0.15, -0.1) is 0 Å². The van der Waals surface area contributed by atoms with Crippen LogP contribution in [-0.2, 0) is 15.1 Å². The van der Waals surface area contributed by atoms with E-state index in [0.717, 1.165) is 23.6 Å². The molecule has 1 atom stereocenters. The van der Waals surface area contributed by atoms with Gasteiger partial charge in [0.2, 0.25) is 0 Å². The Labute approximate surface area is 97.5 Å². The molecule has 0 aromatic carbocycles. The molecule has 0 amide bonds. The van der Waals surface area contributed by atoms with Crippen molar-refractivity contribution < 1.29 is 4.21 Å². The van der Waals surface area contributed by atoms with Crippen LogP contribution in [0.25, 0.3) is 0 Å². The Bertz CT molecular complexity index is 508. The van der Waals surface area contributed by atoms with Crippen molar-refractivity contribution in [2.24, 2.45) is 4.36 Å². The fourth-order valence-electron chi connectivity index (χ4n) is 1.93. The summed E-state index contributed by atoms with van der Waals surface area (Å²) in [6.45, 7) is 7.00. The lowest BCUT2D eigenvalue weighted by Gasteiger charge is -2.21. The molecule has 0 spiro atoms. The molecule has 0 saturated carbocycles. The maximum Gasteiger partial charge on any atom is 0.0771 e. The molecule has 1 aromatic rings. The van der Waals surface area contributed by atoms with E-state index in [1.54, 1.807) is 6.20 Å². The monoisotopic (exact) mass is 238 g/mol. The van der Waals surface area contributed by atoms with Gasteiger partial charge >= 0.3 is 0 Å². The van der Waals surface area contributed by atoms with Gasteiger partial charge in [-0.25, -0.2) is 8.57 Å². The van der Waals surface area contributed by atoms with Crippen LogP contribution >= 0.6 is 0 Å². The maximum absolute atomic E-state index is 12.6. The summed E-state index contributed by atoms with van der Waals surface area (Å²) in [6, 6.07) is 3.77. The molecule has 1 aliphatic heterocycles. The van der Waals surface area contributed by atoms with Crippen LogP contribution < -0.4 is 0 Å². The molecule has 0 radical (unpaired) electrons. The third-order valence-electron chi connectivity index (χ3n) is 2.70. The minimum Gasteiger partial charge on any atom is -0.259 e. The molecule has 0 N–H and O–H groups in total. The Morgan fingerprint density at radius 2 is 2.12 bits per heavy atom. The van der Waals surface area contributed by atoms with Gasteiger partial charge in [0.1, 0.15) is 0 Å². The van der Waals surface area contributed by atoms with Crippen molar-refractivity contribution in [2.75, 3.05) is 12.3 Å². The highest BCUT2D eigenvalue weighted by Gasteiger charge is 2.27. The lowest BCUT2D eigenvalue weighted by Crippen LogP contribution is -2.19. The van der Waals surface area contributed by atoms with Gasteiger partial charge in [-0.1, -0.05) is 20.8 Å². The largest absolute Gasteiger partial charge is 0.259 e. The summed E-state index contributed by atoms with van der Waals surface area (Å²) in [7, 11) is -2.18. The van der Waals surface area contributed by atoms with Crippen LogP contribution in [0.3, 0.4) is 0 Å². The standard InChI is InChI=1S/C12H18N2OS/c1-12(2,3)11-10(6-4-7-13-11)16(15)9-5-8-14-16/h4,6-7H,5,8-9H2,1-3H3/t16-/m0/s1. The van der Waals surface area contributed by atoms with E-state index in [0.29, 0.717) is 5.75 Å². The molecule has 1 aliphatic rings. The first-order valence-corrected chi connectivity index (χ1v) is 7.28. The van der Waals surface area contributed by atoms with Gasteiger partial charge < -0.3 is 0 Å². The zero-order valence-electron chi connectivity index (χ0n) is 10.1. The fraction of sp³-hybridized carbons (Fsp3) is 0.583. The smallest absolute Gasteiger partial charge is 0.0771 e. The molecule has 0 bridgehead atoms. The van der Waals surface area contributed by atoms with Gasteiger partial charge in [0.15, 0.2) is 0 Å². The highest BCUT2D eigenvalue weighted by Crippen LogP contribution is 2.30. The zero-order valence-corrected chi connectivity index (χ0v) is 10.9. The predicted molar refractivity (Wildman–Crippen MR) is 66.1 cm³/mol. The Balaban J connectivity index is 2.63. The second kappa shape index (κ2) is 3.84. The van der Waals surface area contributed by atoms with E-state index >= 15 is 0 Å². The molecule has 1 aromatic heterocycles. The van der Waals surface area contributed by atoms with E-state index in [-0.39, 0.29) is 5.41 Å². The number of hydrogen-bond acceptors (Lipinski definition) is 3. The summed E-state index contributed by atoms with van der Waals surface area (Å²) in [6.07, 6.45) is 2.69. The van der Waals surface area contributed by atoms with Gasteiger partial charge in [-0.05, 0) is 18.6 Å². The third-order valence-corrected chi connectivity index (χ3v) is 5.16. The van der Waals surface area contributed by atoms with Crippen molar-refractivity contribution >= 4 is 9.73 Å². The van der Waals surface area contributed by atoms with Crippen molar-refractivity contribution in [2.45, 2.75) is 37.5 Å². The van der Waals surface area contributed by atoms with E-state index in [1.165, 1.54) is 0 Å². The summed E-state index contributed by atoms with van der Waals surface area (Å²) in [5, 5.41) is 0. The van der Waals surface area contributed by atoms with Crippen LogP contribution in [0.1, 0.15) is 32.9 Å². The molecule has 16 heavy (non-hydrogen) atoms. The normalized spacial score (nSPS) is 25.4. The topological polar surface area (TPSA) is 42.3 Å². The number of pyridine rings is 1. The Hall–Kier alpha value is -0.900. The summed E-state index contributed by atoms with van der Waals surface area (Å²) in [5.41, 5.74) is 0.838. The van der Waals surface area contributed by atoms with Gasteiger partial charge in [0.05, 0.1) is 20.3 Å². The minimum atomic E-state index is -2.18. The lowest BCUT2D eigenvalue weighted by atomic mass is 9.92. The average molecular weight is 238 g/mol. The molecule has 3 nitrogen and oxygen atoms in total. The fourth-order valence-corrected chi connectivity index (χ4v) is 4.31. The third kappa shape index (κ3) is 1.98. The molecule has 0 saturated heterocycles. The van der Waals surface area contributed by atoms with Crippen molar-refractivity contribution in [1.82, 2.24) is 4.98 Å². The Morgan fingerprint density at radius 1 is 1.38 bits per heavy atom. The summed E-state index contributed by atoms with van der Waals surface area (Å²) >= 11 is 0. The highest BCUT2D eigenvalue weighted by atomic mass is 32.2. The SMILES string of the molecule is CC(C)(C)c1ncccc1[S@]1(=O)=NCCC1. The number of aromatic nitrogens is 1. The first kappa shape index (κ1) is 11.6. The van der Waals surface area contributed by atoms with E-state index in [9.17, 15) is 4.21 Å². The van der Waals surface area contributed by atoms with Gasteiger partial charge in [0, 0.05) is 23.9 Å². The van der Waals surface area contributed by atoms with Crippen LogP contribution in [-0.4, -0.2) is 21.5 Å². The van der Waals surface area contributed by atoms with Crippen LogP contribution in [0.15, 0.2) is 27.6 Å². The number of rotatable bonds is 1. The van der Waals surface area contributed by atoms with Gasteiger partial charge in [-0.2, -0.15) is 0 Å². The molecular weight excluding hydrogens is 220 g/mol. The van der Waals surface area contributed by atoms with E-state index in [2.05, 4.69) is 30.1 Å². The Kier molecular flexibility index (Phi) is 2.78. The van der Waals surface area contributed by atoms with Crippen molar-refractivity contribution in [3.63, 3.8) is 0 Å². The highest BCUT2D eigenvalue weighted by molar-refractivity contribution is 7.93. The molecule has 0 unspecified atom stereocenters. The molecule has 2 heterocycles. The van der Waals surface area contributed by atoms with Crippen LogP contribution in [0, 0.1) is 0 Å². The first-order valence-electron chi connectivity index (χ1n) is 5.60. The lowest BCUT2D eigenvalue weighted by molar-refractivity contribution is 0.552. The predicted octanol–water partition coefficient (Wildman–Crippen LogP) is 2.61. The Morgan fingerprint density at radius 3 is 2.69 bits per heavy atom. The van der Waals surface area contributed by atoms with Crippen LogP contribution in [0.2, 0.25) is 0 Å². The zero-order chi connectivity index (χ0) is 11.8. The molecule has 0 aliphatic carbocycles. The van der Waals surface area contributed by atoms with Crippen LogP contribution in [0.5, 0.6) is 0 Å². The van der Waals surface area contributed by atoms with Crippen molar-refractivity contribution in [1.29, 1.82) is 0 Å². The van der Waals surface area contributed by atoms with Crippen molar-refractivity contribution in [3.05, 3.63) is 24.0 Å². The number of nitrogens with zero attached hydrogens (tertiary/aromatic N) is 2. The summed E-state index contributed by atoms with van der Waals surface area (Å²) in [5.74, 6) is 0.682. The molecular formula is C12H18N2OS. The quantitative estimate of drug-likeness (QED) is 0.754. The van der Waals surface area contributed by atoms with E-state index < -0.39 is 9.73 Å². The number of hydrogen-bond donors (Lipinski definition) is 0.